The minimum Gasteiger partial charge on any atom is -0.378 e. The standard InChI is InChI=1S/C22H19FN4S.C5H7F2NO/c1-12-19-21(12,2)28-20(25)27-22(19)9-15-5-3-13(7-16(15)22)8-17(23)18-6-4-14(10-24)11-26-18;6-5(7)1-2-8(3-5)4-9/h3-8,11-12,19H,9H2,1-2H3,(H2,25,27);4H,1-3H2/b17-8-;/t12?,19?,21-,22+;/m0./s1. The molecule has 2 aliphatic carbocycles. The van der Waals surface area contributed by atoms with Gasteiger partial charge in [0.1, 0.15) is 11.9 Å². The Balaban J connectivity index is 0.000000265. The largest absolute Gasteiger partial charge is 0.378 e. The van der Waals surface area contributed by atoms with Crippen LogP contribution in [0.25, 0.3) is 11.9 Å². The molecule has 10 heteroatoms. The number of thioether (sulfide) groups is 1. The number of likely N-dealkylation sites (tertiary alicyclic amines) is 1. The van der Waals surface area contributed by atoms with E-state index in [0.29, 0.717) is 29.0 Å². The molecule has 6 nitrogen and oxygen atoms in total. The van der Waals surface area contributed by atoms with Crippen molar-refractivity contribution in [3.63, 3.8) is 0 Å². The fourth-order valence-electron chi connectivity index (χ4n) is 5.83. The second-order valence-electron chi connectivity index (χ2n) is 10.2. The number of nitrogens with zero attached hydrogens (tertiary/aromatic N) is 4. The Morgan fingerprint density at radius 3 is 2.70 bits per heavy atom. The molecule has 1 saturated carbocycles. The number of pyridine rings is 1. The quantitative estimate of drug-likeness (QED) is 0.584. The van der Waals surface area contributed by atoms with E-state index in [2.05, 4.69) is 24.9 Å². The maximum absolute atomic E-state index is 14.7. The molecule has 1 aromatic carbocycles. The molecule has 3 heterocycles. The van der Waals surface area contributed by atoms with Crippen LogP contribution in [0.2, 0.25) is 0 Å². The number of aliphatic imine (C=N–C) groups is 1. The lowest BCUT2D eigenvalue weighted by molar-refractivity contribution is -0.118. The van der Waals surface area contributed by atoms with E-state index >= 15 is 0 Å². The number of amides is 1. The number of hydrogen-bond donors (Lipinski definition) is 1. The predicted octanol–water partition coefficient (Wildman–Crippen LogP) is 4.74. The van der Waals surface area contributed by atoms with Gasteiger partial charge in [-0.05, 0) is 53.8 Å². The second kappa shape index (κ2) is 8.91. The third-order valence-electron chi connectivity index (χ3n) is 7.90. The molecule has 2 aromatic rings. The number of hydrogen-bond acceptors (Lipinski definition) is 6. The summed E-state index contributed by atoms with van der Waals surface area (Å²) in [6.45, 7) is 4.33. The van der Waals surface area contributed by atoms with Crippen LogP contribution in [0.15, 0.2) is 41.5 Å². The molecular formula is C27H26F3N5OS. The fourth-order valence-corrected chi connectivity index (χ4v) is 7.27. The zero-order valence-electron chi connectivity index (χ0n) is 20.4. The molecule has 2 unspecified atom stereocenters. The van der Waals surface area contributed by atoms with Gasteiger partial charge in [-0.1, -0.05) is 30.8 Å². The Labute approximate surface area is 217 Å². The molecule has 37 heavy (non-hydrogen) atoms. The van der Waals surface area contributed by atoms with Crippen molar-refractivity contribution >= 4 is 35.2 Å². The maximum Gasteiger partial charge on any atom is 0.267 e. The highest BCUT2D eigenvalue weighted by Gasteiger charge is 2.72. The number of benzene rings is 1. The normalized spacial score (nSPS) is 30.6. The van der Waals surface area contributed by atoms with E-state index in [1.54, 1.807) is 17.8 Å². The highest BCUT2D eigenvalue weighted by atomic mass is 32.2. The molecule has 1 amide bonds. The first kappa shape index (κ1) is 25.3. The van der Waals surface area contributed by atoms with Gasteiger partial charge in [0.25, 0.3) is 5.92 Å². The van der Waals surface area contributed by atoms with Crippen LogP contribution in [0.4, 0.5) is 13.2 Å². The number of nitriles is 1. The maximum atomic E-state index is 14.7. The number of fused-ring (bicyclic) bond motifs is 4. The Hall–Kier alpha value is -3.32. The van der Waals surface area contributed by atoms with Gasteiger partial charge in [-0.15, -0.1) is 0 Å². The molecule has 4 aliphatic rings. The topological polar surface area (TPSA) is 95.4 Å². The number of aromatic nitrogens is 1. The van der Waals surface area contributed by atoms with E-state index in [-0.39, 0.29) is 28.9 Å². The van der Waals surface area contributed by atoms with Crippen molar-refractivity contribution in [3.05, 3.63) is 64.5 Å². The molecule has 2 fully saturated rings. The summed E-state index contributed by atoms with van der Waals surface area (Å²) in [5, 5.41) is 9.50. The minimum absolute atomic E-state index is 0.146. The van der Waals surface area contributed by atoms with Gasteiger partial charge < -0.3 is 10.6 Å². The van der Waals surface area contributed by atoms with Crippen LogP contribution in [0, 0.1) is 23.2 Å². The smallest absolute Gasteiger partial charge is 0.267 e. The SMILES string of the molecule is CC1C2[C@@]1(C)SC(N)=N[C@@]21Cc2ccc(/C=C(\F)c3ccc(C#N)cn3)cc21.O=CN1CCC(F)(F)C1. The van der Waals surface area contributed by atoms with Crippen LogP contribution in [-0.2, 0) is 16.8 Å². The van der Waals surface area contributed by atoms with Crippen molar-refractivity contribution in [2.24, 2.45) is 22.6 Å². The monoisotopic (exact) mass is 525 g/mol. The van der Waals surface area contributed by atoms with Crippen molar-refractivity contribution < 1.29 is 18.0 Å². The van der Waals surface area contributed by atoms with Crippen molar-refractivity contribution in [1.29, 1.82) is 5.26 Å². The van der Waals surface area contributed by atoms with Crippen molar-refractivity contribution in [1.82, 2.24) is 9.88 Å². The van der Waals surface area contributed by atoms with E-state index < -0.39 is 18.3 Å². The molecule has 1 spiro atoms. The second-order valence-corrected chi connectivity index (χ2v) is 11.7. The van der Waals surface area contributed by atoms with Crippen LogP contribution in [0.5, 0.6) is 0 Å². The van der Waals surface area contributed by atoms with E-state index in [4.69, 9.17) is 16.0 Å². The molecule has 4 atom stereocenters. The van der Waals surface area contributed by atoms with Crippen LogP contribution < -0.4 is 5.73 Å². The van der Waals surface area contributed by atoms with Gasteiger partial charge in [0.05, 0.1) is 23.3 Å². The van der Waals surface area contributed by atoms with E-state index in [1.165, 1.54) is 29.5 Å². The Morgan fingerprint density at radius 2 is 2.11 bits per heavy atom. The zero-order chi connectivity index (χ0) is 26.6. The molecule has 1 aromatic heterocycles. The van der Waals surface area contributed by atoms with Crippen LogP contribution in [0.3, 0.4) is 0 Å². The first-order valence-corrected chi connectivity index (χ1v) is 12.8. The Morgan fingerprint density at radius 1 is 1.32 bits per heavy atom. The summed E-state index contributed by atoms with van der Waals surface area (Å²) >= 11 is 1.69. The number of carbonyl (C=O) groups is 1. The lowest BCUT2D eigenvalue weighted by Gasteiger charge is -2.45. The molecule has 0 radical (unpaired) electrons. The first-order valence-electron chi connectivity index (χ1n) is 12.0. The lowest BCUT2D eigenvalue weighted by atomic mass is 9.66. The number of carbonyl (C=O) groups excluding carboxylic acids is 1. The average molecular weight is 526 g/mol. The summed E-state index contributed by atoms with van der Waals surface area (Å²) in [6.07, 6.45) is 4.03. The predicted molar refractivity (Wildman–Crippen MR) is 137 cm³/mol. The molecule has 192 valence electrons. The summed E-state index contributed by atoms with van der Waals surface area (Å²) in [4.78, 5) is 19.9. The number of halogens is 3. The molecule has 2 aliphatic heterocycles. The third kappa shape index (κ3) is 4.39. The Bertz CT molecular complexity index is 1350. The minimum atomic E-state index is -2.64. The van der Waals surface area contributed by atoms with Gasteiger partial charge in [0, 0.05) is 36.2 Å². The van der Waals surface area contributed by atoms with Crippen molar-refractivity contribution in [2.75, 3.05) is 13.1 Å². The highest BCUT2D eigenvalue weighted by Crippen LogP contribution is 2.72. The Kier molecular flexibility index (Phi) is 6.10. The summed E-state index contributed by atoms with van der Waals surface area (Å²) in [5.74, 6) is -2.05. The fraction of sp³-hybridized carbons (Fsp3) is 0.407. The zero-order valence-corrected chi connectivity index (χ0v) is 21.2. The summed E-state index contributed by atoms with van der Waals surface area (Å²) < 4.78 is 39.2. The van der Waals surface area contributed by atoms with Gasteiger partial charge >= 0.3 is 0 Å². The highest BCUT2D eigenvalue weighted by molar-refractivity contribution is 8.15. The van der Waals surface area contributed by atoms with Gasteiger partial charge in [0.15, 0.2) is 5.17 Å². The van der Waals surface area contributed by atoms with Gasteiger partial charge in [-0.2, -0.15) is 5.26 Å². The van der Waals surface area contributed by atoms with Gasteiger partial charge in [0.2, 0.25) is 6.41 Å². The number of alkyl halides is 2. The summed E-state index contributed by atoms with van der Waals surface area (Å²) in [7, 11) is 0. The molecule has 1 saturated heterocycles. The summed E-state index contributed by atoms with van der Waals surface area (Å²) in [5.41, 5.74) is 9.76. The lowest BCUT2D eigenvalue weighted by Crippen LogP contribution is -2.45. The first-order chi connectivity index (χ1) is 17.5. The van der Waals surface area contributed by atoms with E-state index in [9.17, 15) is 18.0 Å². The van der Waals surface area contributed by atoms with E-state index in [1.807, 2.05) is 18.2 Å². The molecular weight excluding hydrogens is 499 g/mol. The number of amidine groups is 1. The summed E-state index contributed by atoms with van der Waals surface area (Å²) in [6, 6.07) is 11.1. The van der Waals surface area contributed by atoms with Gasteiger partial charge in [-0.3, -0.25) is 14.8 Å². The van der Waals surface area contributed by atoms with Crippen molar-refractivity contribution in [3.8, 4) is 6.07 Å². The van der Waals surface area contributed by atoms with Crippen LogP contribution in [-0.4, -0.2) is 45.2 Å². The molecule has 6 rings (SSSR count). The average Bonchev–Trinajstić information content (AvgIpc) is 3.21. The van der Waals surface area contributed by atoms with Crippen LogP contribution in [0.1, 0.15) is 48.2 Å². The number of rotatable bonds is 3. The molecule has 0 bridgehead atoms. The van der Waals surface area contributed by atoms with Crippen molar-refractivity contribution in [2.45, 2.75) is 42.9 Å². The van der Waals surface area contributed by atoms with E-state index in [0.717, 1.165) is 16.9 Å². The van der Waals surface area contributed by atoms with Crippen LogP contribution >= 0.6 is 11.8 Å². The third-order valence-corrected chi connectivity index (χ3v) is 9.27. The van der Waals surface area contributed by atoms with Gasteiger partial charge in [-0.25, -0.2) is 13.2 Å². The number of nitrogens with two attached hydrogens (primary N) is 1. The molecule has 2 N–H and O–H groups in total.